The molecule has 2 amide bonds. The van der Waals surface area contributed by atoms with E-state index in [1.54, 1.807) is 6.92 Å². The Hall–Kier alpha value is -1.19. The second-order valence-corrected chi connectivity index (χ2v) is 10.3. The molecule has 8 nitrogen and oxygen atoms in total. The van der Waals surface area contributed by atoms with Crippen molar-refractivity contribution in [1.29, 1.82) is 0 Å². The topological polar surface area (TPSA) is 105 Å². The number of halogens is 1. The molecule has 3 aliphatic rings. The molecule has 3 heterocycles. The monoisotopic (exact) mass is 502 g/mol. The highest BCUT2D eigenvalue weighted by Crippen LogP contribution is 2.60. The average Bonchev–Trinajstić information content (AvgIpc) is 3.30. The van der Waals surface area contributed by atoms with Crippen LogP contribution in [-0.2, 0) is 23.9 Å². The van der Waals surface area contributed by atoms with Crippen molar-refractivity contribution < 1.29 is 29.0 Å². The number of nitrogens with one attached hydrogen (secondary N) is 1. The van der Waals surface area contributed by atoms with Gasteiger partial charge >= 0.3 is 5.97 Å². The first-order valence-corrected chi connectivity index (χ1v) is 12.4. The summed E-state index contributed by atoms with van der Waals surface area (Å²) < 4.78 is 11.6. The lowest BCUT2D eigenvalue weighted by Gasteiger charge is -2.38. The van der Waals surface area contributed by atoms with Gasteiger partial charge in [-0.2, -0.15) is 0 Å². The number of likely N-dealkylation sites (tertiary alicyclic amines) is 1. The Labute approximate surface area is 192 Å². The largest absolute Gasteiger partial charge is 0.466 e. The number of alkyl halides is 1. The fourth-order valence-corrected chi connectivity index (χ4v) is 6.48. The van der Waals surface area contributed by atoms with Crippen LogP contribution in [0.1, 0.15) is 53.4 Å². The van der Waals surface area contributed by atoms with Crippen molar-refractivity contribution >= 4 is 33.7 Å². The zero-order valence-corrected chi connectivity index (χ0v) is 20.4. The number of hydrogen-bond donors (Lipinski definition) is 2. The van der Waals surface area contributed by atoms with E-state index in [1.807, 2.05) is 13.8 Å². The molecule has 3 aliphatic heterocycles. The molecule has 1 spiro atoms. The van der Waals surface area contributed by atoms with E-state index in [9.17, 15) is 19.5 Å². The van der Waals surface area contributed by atoms with Crippen molar-refractivity contribution in [3.63, 3.8) is 0 Å². The fourth-order valence-electron chi connectivity index (χ4n) is 5.54. The van der Waals surface area contributed by atoms with E-state index in [0.29, 0.717) is 13.0 Å². The third-order valence-corrected chi connectivity index (χ3v) is 7.77. The minimum Gasteiger partial charge on any atom is -0.466 e. The van der Waals surface area contributed by atoms with Gasteiger partial charge in [0.05, 0.1) is 37.2 Å². The fraction of sp³-hybridized carbons (Fsp3) is 0.864. The number of hydrogen-bond acceptors (Lipinski definition) is 6. The van der Waals surface area contributed by atoms with Crippen LogP contribution in [0.3, 0.4) is 0 Å². The summed E-state index contributed by atoms with van der Waals surface area (Å²) in [6.07, 6.45) is 2.82. The molecule has 0 aromatic carbocycles. The maximum Gasteiger partial charge on any atom is 0.312 e. The van der Waals surface area contributed by atoms with Crippen molar-refractivity contribution in [3.8, 4) is 0 Å². The first kappa shape index (κ1) is 24.5. The number of rotatable bonds is 10. The molecule has 3 unspecified atom stereocenters. The smallest absolute Gasteiger partial charge is 0.312 e. The van der Waals surface area contributed by atoms with Gasteiger partial charge in [-0.05, 0) is 25.7 Å². The normalized spacial score (nSPS) is 34.9. The molecule has 3 fully saturated rings. The predicted molar refractivity (Wildman–Crippen MR) is 117 cm³/mol. The van der Waals surface area contributed by atoms with Gasteiger partial charge in [0.1, 0.15) is 11.6 Å². The van der Waals surface area contributed by atoms with E-state index in [1.165, 1.54) is 4.90 Å². The van der Waals surface area contributed by atoms with Crippen molar-refractivity contribution in [2.24, 2.45) is 17.8 Å². The molecule has 0 aliphatic carbocycles. The molecule has 31 heavy (non-hydrogen) atoms. The molecule has 7 atom stereocenters. The zero-order valence-electron chi connectivity index (χ0n) is 18.8. The van der Waals surface area contributed by atoms with Crippen LogP contribution in [-0.4, -0.2) is 76.2 Å². The number of esters is 1. The van der Waals surface area contributed by atoms with Crippen LogP contribution in [0.25, 0.3) is 0 Å². The number of ether oxygens (including phenoxy) is 2. The molecule has 3 rings (SSSR count). The third-order valence-electron chi connectivity index (χ3n) is 6.93. The molecule has 2 bridgehead atoms. The summed E-state index contributed by atoms with van der Waals surface area (Å²) in [6, 6.07) is -1.44. The molecule has 0 aromatic heterocycles. The molecule has 9 heteroatoms. The summed E-state index contributed by atoms with van der Waals surface area (Å²) in [7, 11) is 0. The molecular formula is C22H35BrN2O6. The van der Waals surface area contributed by atoms with Gasteiger partial charge in [0.15, 0.2) is 0 Å². The molecule has 3 saturated heterocycles. The molecular weight excluding hydrogens is 468 g/mol. The van der Waals surface area contributed by atoms with Gasteiger partial charge in [-0.3, -0.25) is 14.4 Å². The highest BCUT2D eigenvalue weighted by molar-refractivity contribution is 9.09. The van der Waals surface area contributed by atoms with Crippen molar-refractivity contribution in [1.82, 2.24) is 10.2 Å². The average molecular weight is 503 g/mol. The number of nitrogens with zero attached hydrogens (tertiary/aromatic N) is 1. The van der Waals surface area contributed by atoms with E-state index in [-0.39, 0.29) is 35.8 Å². The molecule has 2 N–H and O–H groups in total. The van der Waals surface area contributed by atoms with Crippen molar-refractivity contribution in [2.75, 3.05) is 19.8 Å². The van der Waals surface area contributed by atoms with Gasteiger partial charge in [-0.15, -0.1) is 0 Å². The number of amides is 2. The Morgan fingerprint density at radius 1 is 1.35 bits per heavy atom. The van der Waals surface area contributed by atoms with Crippen LogP contribution in [0.5, 0.6) is 0 Å². The van der Waals surface area contributed by atoms with E-state index < -0.39 is 41.6 Å². The summed E-state index contributed by atoms with van der Waals surface area (Å²) in [4.78, 5) is 41.3. The third kappa shape index (κ3) is 4.02. The van der Waals surface area contributed by atoms with E-state index in [0.717, 1.165) is 19.3 Å². The first-order chi connectivity index (χ1) is 14.7. The highest BCUT2D eigenvalue weighted by Gasteiger charge is 2.77. The lowest BCUT2D eigenvalue weighted by atomic mass is 9.70. The van der Waals surface area contributed by atoms with Gasteiger partial charge in [0.25, 0.3) is 0 Å². The lowest BCUT2D eigenvalue weighted by molar-refractivity contribution is -0.155. The minimum atomic E-state index is -1.11. The van der Waals surface area contributed by atoms with Crippen LogP contribution < -0.4 is 5.32 Å². The summed E-state index contributed by atoms with van der Waals surface area (Å²) in [5.41, 5.74) is -1.11. The van der Waals surface area contributed by atoms with Crippen molar-refractivity contribution in [3.05, 3.63) is 0 Å². The maximum absolute atomic E-state index is 13.7. The number of unbranched alkanes of at least 4 members (excludes halogenated alkanes) is 2. The second-order valence-electron chi connectivity index (χ2n) is 9.15. The van der Waals surface area contributed by atoms with Crippen LogP contribution in [0, 0.1) is 17.8 Å². The molecule has 0 aromatic rings. The Kier molecular flexibility index (Phi) is 7.69. The van der Waals surface area contributed by atoms with Crippen LogP contribution in [0.15, 0.2) is 0 Å². The van der Waals surface area contributed by atoms with E-state index >= 15 is 0 Å². The van der Waals surface area contributed by atoms with Crippen LogP contribution in [0.4, 0.5) is 0 Å². The van der Waals surface area contributed by atoms with Crippen LogP contribution >= 0.6 is 15.9 Å². The molecule has 176 valence electrons. The Bertz CT molecular complexity index is 703. The number of carbonyl (C=O) groups excluding carboxylic acids is 3. The zero-order chi connectivity index (χ0) is 22.9. The minimum absolute atomic E-state index is 0.0717. The quantitative estimate of drug-likeness (QED) is 0.267. The Morgan fingerprint density at radius 2 is 2.06 bits per heavy atom. The number of aliphatic hydroxyl groups is 1. The standard InChI is InChI=1S/C22H35BrN2O6/c1-5-7-8-9-24-19(27)18-22-10-13(23)17(31-22)15(21(29)30-6-2)16(22)20(28)25(18)14(11-26)12(3)4/h12-18,26H,5-11H2,1-4H3,(H,24,27)/t13?,14-,15-,16-,17-,18?,22?/m0/s1. The summed E-state index contributed by atoms with van der Waals surface area (Å²) >= 11 is 3.62. The second kappa shape index (κ2) is 9.75. The predicted octanol–water partition coefficient (Wildman–Crippen LogP) is 1.62. The molecule has 0 saturated carbocycles. The SMILES string of the molecule is CCCCCNC(=O)C1N([C@@H](CO)C(C)C)C(=O)[C@@H]2[C@H](C(=O)OCC)[C@H]3OC12CC3Br. The molecule has 0 radical (unpaired) electrons. The Balaban J connectivity index is 2.00. The maximum atomic E-state index is 13.7. The summed E-state index contributed by atoms with van der Waals surface area (Å²) in [5.74, 6) is -2.68. The van der Waals surface area contributed by atoms with Gasteiger partial charge in [-0.25, -0.2) is 0 Å². The van der Waals surface area contributed by atoms with Crippen LogP contribution in [0.2, 0.25) is 0 Å². The van der Waals surface area contributed by atoms with Gasteiger partial charge in [0, 0.05) is 11.4 Å². The van der Waals surface area contributed by atoms with Gasteiger partial charge < -0.3 is 24.8 Å². The highest BCUT2D eigenvalue weighted by atomic mass is 79.9. The van der Waals surface area contributed by atoms with Gasteiger partial charge in [-0.1, -0.05) is 49.5 Å². The van der Waals surface area contributed by atoms with E-state index in [4.69, 9.17) is 9.47 Å². The Morgan fingerprint density at radius 3 is 2.65 bits per heavy atom. The summed E-state index contributed by atoms with van der Waals surface area (Å²) in [6.45, 7) is 8.09. The number of aliphatic hydroxyl groups excluding tert-OH is 1. The number of fused-ring (bicyclic) bond motifs is 1. The van der Waals surface area contributed by atoms with Gasteiger partial charge in [0.2, 0.25) is 11.8 Å². The number of carbonyl (C=O) groups is 3. The summed E-state index contributed by atoms with van der Waals surface area (Å²) in [5, 5.41) is 13.1. The van der Waals surface area contributed by atoms with E-state index in [2.05, 4.69) is 28.2 Å². The van der Waals surface area contributed by atoms with Crippen molar-refractivity contribution in [2.45, 2.75) is 82.0 Å². The first-order valence-electron chi connectivity index (χ1n) is 11.4. The lowest BCUT2D eigenvalue weighted by Crippen LogP contribution is -2.59.